The number of aliphatic hydroxyl groups is 5. The van der Waals surface area contributed by atoms with Gasteiger partial charge in [-0.25, -0.2) is 13.6 Å². The number of benzene rings is 2. The molecule has 0 aliphatic carbocycles. The number of aromatic carboxylic acids is 1. The van der Waals surface area contributed by atoms with Gasteiger partial charge in [-0.1, -0.05) is 0 Å². The molecule has 0 aromatic heterocycles. The van der Waals surface area contributed by atoms with E-state index < -0.39 is 48.6 Å². The van der Waals surface area contributed by atoms with Crippen molar-refractivity contribution in [1.29, 1.82) is 0 Å². The second-order valence-electron chi connectivity index (χ2n) is 7.34. The summed E-state index contributed by atoms with van der Waals surface area (Å²) in [6.45, 7) is -0.497. The Morgan fingerprint density at radius 2 is 1.61 bits per heavy atom. The normalized spacial score (nSPS) is 14.8. The first-order valence-electron chi connectivity index (χ1n) is 9.49. The molecule has 0 unspecified atom stereocenters. The third-order valence-electron chi connectivity index (χ3n) is 4.41. The summed E-state index contributed by atoms with van der Waals surface area (Å²) in [4.78, 5) is 12.6. The second kappa shape index (κ2) is 13.1. The van der Waals surface area contributed by atoms with Crippen LogP contribution >= 0.6 is 22.6 Å². The molecular weight excluding hydrogens is 559 g/mol. The summed E-state index contributed by atoms with van der Waals surface area (Å²) in [5, 5.41) is 64.0. The van der Waals surface area contributed by atoms with E-state index in [0.717, 1.165) is 18.2 Å². The van der Waals surface area contributed by atoms with Gasteiger partial charge < -0.3 is 40.6 Å². The summed E-state index contributed by atoms with van der Waals surface area (Å²) in [6, 6.07) is 5.60. The number of hydrogen-bond acceptors (Lipinski definition) is 8. The van der Waals surface area contributed by atoms with Crippen LogP contribution in [0.5, 0.6) is 5.75 Å². The van der Waals surface area contributed by atoms with Crippen LogP contribution in [0.1, 0.15) is 10.4 Å². The molecule has 0 saturated heterocycles. The van der Waals surface area contributed by atoms with Crippen LogP contribution in [0.4, 0.5) is 8.78 Å². The van der Waals surface area contributed by atoms with Gasteiger partial charge in [-0.2, -0.15) is 0 Å². The highest BCUT2D eigenvalue weighted by atomic mass is 127. The van der Waals surface area contributed by atoms with Crippen molar-refractivity contribution >= 4 is 28.6 Å². The number of nitrogens with zero attached hydrogens (tertiary/aromatic N) is 1. The zero-order valence-corrected chi connectivity index (χ0v) is 19.9. The van der Waals surface area contributed by atoms with Gasteiger partial charge in [0.1, 0.15) is 41.3 Å². The maximum atomic E-state index is 13.6. The third-order valence-corrected chi connectivity index (χ3v) is 5.24. The fraction of sp³-hybridized carbons (Fsp3) is 0.381. The van der Waals surface area contributed by atoms with Crippen LogP contribution in [0, 0.1) is 15.2 Å². The number of likely N-dealkylation sites (N-methyl/N-ethyl adjacent to an activating group) is 1. The molecule has 33 heavy (non-hydrogen) atoms. The quantitative estimate of drug-likeness (QED) is 0.221. The van der Waals surface area contributed by atoms with Crippen molar-refractivity contribution in [2.45, 2.75) is 24.4 Å². The molecular formula is C21H26F2INO8. The lowest BCUT2D eigenvalue weighted by molar-refractivity contribution is -0.117. The minimum Gasteiger partial charge on any atom is -0.506 e. The minimum atomic E-state index is -1.55. The van der Waals surface area contributed by atoms with E-state index in [1.807, 2.05) is 0 Å². The Kier molecular flexibility index (Phi) is 11.5. The van der Waals surface area contributed by atoms with Crippen molar-refractivity contribution in [1.82, 2.24) is 4.90 Å². The van der Waals surface area contributed by atoms with Crippen molar-refractivity contribution in [3.63, 3.8) is 0 Å². The van der Waals surface area contributed by atoms with Crippen LogP contribution in [0.25, 0.3) is 11.1 Å². The Hall–Kier alpha value is -1.94. The number of carboxylic acid groups (broad SMARTS) is 1. The Bertz CT molecular complexity index is 947. The van der Waals surface area contributed by atoms with Crippen LogP contribution in [0.3, 0.4) is 0 Å². The van der Waals surface area contributed by atoms with Crippen molar-refractivity contribution < 1.29 is 49.3 Å². The van der Waals surface area contributed by atoms with E-state index in [1.165, 1.54) is 12.1 Å². The van der Waals surface area contributed by atoms with Gasteiger partial charge in [0.2, 0.25) is 0 Å². The van der Waals surface area contributed by atoms with Crippen molar-refractivity contribution in [3.05, 3.63) is 51.1 Å². The summed E-state index contributed by atoms with van der Waals surface area (Å²) < 4.78 is 26.8. The predicted molar refractivity (Wildman–Crippen MR) is 123 cm³/mol. The van der Waals surface area contributed by atoms with Gasteiger partial charge in [-0.3, -0.25) is 0 Å². The number of rotatable bonds is 8. The number of halogens is 3. The van der Waals surface area contributed by atoms with Crippen LogP contribution in [-0.4, -0.2) is 98.3 Å². The van der Waals surface area contributed by atoms with Gasteiger partial charge in [0.05, 0.1) is 16.3 Å². The zero-order valence-electron chi connectivity index (χ0n) is 17.7. The van der Waals surface area contributed by atoms with Gasteiger partial charge in [0, 0.05) is 18.2 Å². The number of carbonyl (C=O) groups is 1. The Morgan fingerprint density at radius 3 is 2.09 bits per heavy atom. The molecule has 12 heteroatoms. The fourth-order valence-electron chi connectivity index (χ4n) is 2.69. The highest BCUT2D eigenvalue weighted by Crippen LogP contribution is 2.32. The molecule has 0 saturated carbocycles. The molecule has 4 atom stereocenters. The standard InChI is InChI=1S/C13H7F2IO3.C8H19NO5/c14-7-1-2-8(10(15)5-7)6-3-9(13(18)19)12(17)11(16)4-6;1-9(2)3-5(11)7(13)8(14)6(12)4-10/h1-5,17H,(H,18,19);5-8,10-14H,3-4H2,1-2H3/t;5-,6+,7+,8+/m.0/s1. The van der Waals surface area contributed by atoms with Gasteiger partial charge in [0.25, 0.3) is 0 Å². The molecule has 9 nitrogen and oxygen atoms in total. The molecule has 184 valence electrons. The average Bonchev–Trinajstić information content (AvgIpc) is 2.73. The highest BCUT2D eigenvalue weighted by molar-refractivity contribution is 14.1. The zero-order chi connectivity index (χ0) is 25.5. The summed E-state index contributed by atoms with van der Waals surface area (Å²) in [5.41, 5.74) is 0.00420. The molecule has 0 aliphatic rings. The van der Waals surface area contributed by atoms with E-state index in [0.29, 0.717) is 0 Å². The number of hydrogen-bond donors (Lipinski definition) is 7. The minimum absolute atomic E-state index is 0.0711. The first-order valence-corrected chi connectivity index (χ1v) is 10.6. The van der Waals surface area contributed by atoms with Crippen LogP contribution < -0.4 is 0 Å². The van der Waals surface area contributed by atoms with Gasteiger partial charge in [0.15, 0.2) is 0 Å². The van der Waals surface area contributed by atoms with E-state index in [9.17, 15) is 34.0 Å². The maximum Gasteiger partial charge on any atom is 0.339 e. The van der Waals surface area contributed by atoms with E-state index >= 15 is 0 Å². The largest absolute Gasteiger partial charge is 0.506 e. The Balaban J connectivity index is 0.000000349. The fourth-order valence-corrected chi connectivity index (χ4v) is 3.31. The third kappa shape index (κ3) is 8.41. The van der Waals surface area contributed by atoms with Gasteiger partial charge >= 0.3 is 5.97 Å². The predicted octanol–water partition coefficient (Wildman–Crippen LogP) is 0.624. The molecule has 0 amide bonds. The molecule has 2 aromatic carbocycles. The van der Waals surface area contributed by atoms with Crippen LogP contribution in [0.15, 0.2) is 30.3 Å². The Morgan fingerprint density at radius 1 is 1.03 bits per heavy atom. The SMILES string of the molecule is CN(C)C[C@H](O)[C@@H](O)[C@H](O)[C@H](O)CO.O=C(O)c1cc(-c2ccc(F)cc2F)cc(I)c1O. The number of aliphatic hydroxyl groups excluding tert-OH is 5. The molecule has 0 heterocycles. The molecule has 0 bridgehead atoms. The number of carboxylic acids is 1. The summed E-state index contributed by atoms with van der Waals surface area (Å²) in [6.07, 6.45) is -5.63. The molecule has 2 aromatic rings. The average molecular weight is 585 g/mol. The smallest absolute Gasteiger partial charge is 0.339 e. The topological polar surface area (TPSA) is 162 Å². The number of phenols is 1. The second-order valence-corrected chi connectivity index (χ2v) is 8.51. The molecule has 0 fully saturated rings. The monoisotopic (exact) mass is 585 g/mol. The number of aromatic hydroxyl groups is 1. The lowest BCUT2D eigenvalue weighted by Crippen LogP contribution is -2.48. The van der Waals surface area contributed by atoms with E-state index in [-0.39, 0.29) is 32.6 Å². The van der Waals surface area contributed by atoms with Crippen LogP contribution in [0.2, 0.25) is 0 Å². The van der Waals surface area contributed by atoms with Gasteiger partial charge in [-0.15, -0.1) is 0 Å². The lowest BCUT2D eigenvalue weighted by atomic mass is 10.0. The summed E-state index contributed by atoms with van der Waals surface area (Å²) in [5.74, 6) is -3.20. The first kappa shape index (κ1) is 29.1. The summed E-state index contributed by atoms with van der Waals surface area (Å²) in [7, 11) is 3.40. The van der Waals surface area contributed by atoms with E-state index in [4.69, 9.17) is 15.3 Å². The maximum absolute atomic E-state index is 13.6. The highest BCUT2D eigenvalue weighted by Gasteiger charge is 2.30. The van der Waals surface area contributed by atoms with E-state index in [1.54, 1.807) is 41.6 Å². The lowest BCUT2D eigenvalue weighted by Gasteiger charge is -2.27. The first-order chi connectivity index (χ1) is 15.3. The van der Waals surface area contributed by atoms with Crippen molar-refractivity contribution in [2.24, 2.45) is 0 Å². The van der Waals surface area contributed by atoms with Crippen LogP contribution in [-0.2, 0) is 0 Å². The summed E-state index contributed by atoms with van der Waals surface area (Å²) >= 11 is 1.74. The van der Waals surface area contributed by atoms with Crippen molar-refractivity contribution in [3.8, 4) is 16.9 Å². The molecule has 2 rings (SSSR count). The molecule has 0 radical (unpaired) electrons. The molecule has 7 N–H and O–H groups in total. The van der Waals surface area contributed by atoms with E-state index in [2.05, 4.69) is 0 Å². The Labute approximate surface area is 202 Å². The van der Waals surface area contributed by atoms with Crippen molar-refractivity contribution in [2.75, 3.05) is 27.2 Å². The van der Waals surface area contributed by atoms with Gasteiger partial charge in [-0.05, 0) is 66.5 Å². The molecule has 0 spiro atoms. The molecule has 0 aliphatic heterocycles.